The minimum atomic E-state index is -0.0907. The van der Waals surface area contributed by atoms with Crippen LogP contribution in [0.4, 0.5) is 11.6 Å². The van der Waals surface area contributed by atoms with E-state index >= 15 is 0 Å². The van der Waals surface area contributed by atoms with Crippen molar-refractivity contribution in [3.63, 3.8) is 0 Å². The third-order valence-electron chi connectivity index (χ3n) is 4.79. The lowest BCUT2D eigenvalue weighted by Gasteiger charge is -2.33. The molecule has 1 fully saturated rings. The van der Waals surface area contributed by atoms with Gasteiger partial charge < -0.3 is 11.1 Å². The number of hydrogen-bond donors (Lipinski definition) is 2. The maximum absolute atomic E-state index is 6.08. The van der Waals surface area contributed by atoms with Crippen molar-refractivity contribution in [2.45, 2.75) is 72.3 Å². The molecule has 118 valence electrons. The highest BCUT2D eigenvalue weighted by Crippen LogP contribution is 2.32. The van der Waals surface area contributed by atoms with Gasteiger partial charge in [0.25, 0.3) is 0 Å². The first-order valence-corrected chi connectivity index (χ1v) is 8.09. The van der Waals surface area contributed by atoms with Crippen LogP contribution >= 0.6 is 0 Å². The van der Waals surface area contributed by atoms with E-state index in [1.165, 1.54) is 19.3 Å². The molecule has 4 heteroatoms. The van der Waals surface area contributed by atoms with Gasteiger partial charge in [-0.3, -0.25) is 0 Å². The average molecular weight is 290 g/mol. The second-order valence-electron chi connectivity index (χ2n) is 7.76. The topological polar surface area (TPSA) is 63.8 Å². The molecule has 2 rings (SSSR count). The minimum absolute atomic E-state index is 0.0907. The van der Waals surface area contributed by atoms with Gasteiger partial charge in [-0.05, 0) is 38.0 Å². The van der Waals surface area contributed by atoms with Crippen LogP contribution in [0.3, 0.4) is 0 Å². The summed E-state index contributed by atoms with van der Waals surface area (Å²) >= 11 is 0. The van der Waals surface area contributed by atoms with Crippen LogP contribution in [0.5, 0.6) is 0 Å². The highest BCUT2D eigenvalue weighted by Gasteiger charge is 2.26. The van der Waals surface area contributed by atoms with E-state index < -0.39 is 0 Å². The zero-order valence-electron chi connectivity index (χ0n) is 14.3. The van der Waals surface area contributed by atoms with Crippen LogP contribution in [0.15, 0.2) is 0 Å². The molecule has 0 amide bonds. The Morgan fingerprint density at radius 3 is 2.33 bits per heavy atom. The first-order valence-electron chi connectivity index (χ1n) is 8.09. The summed E-state index contributed by atoms with van der Waals surface area (Å²) in [5, 5.41) is 3.62. The van der Waals surface area contributed by atoms with Crippen LogP contribution in [0.25, 0.3) is 0 Å². The second kappa shape index (κ2) is 5.82. The highest BCUT2D eigenvalue weighted by atomic mass is 15.1. The van der Waals surface area contributed by atoms with E-state index in [-0.39, 0.29) is 5.41 Å². The maximum atomic E-state index is 6.08. The zero-order valence-corrected chi connectivity index (χ0v) is 14.3. The van der Waals surface area contributed by atoms with Gasteiger partial charge in [-0.15, -0.1) is 0 Å². The van der Waals surface area contributed by atoms with E-state index in [0.29, 0.717) is 11.9 Å². The van der Waals surface area contributed by atoms with E-state index in [9.17, 15) is 0 Å². The summed E-state index contributed by atoms with van der Waals surface area (Å²) in [4.78, 5) is 9.19. The molecule has 1 aromatic heterocycles. The number of nitrogen functional groups attached to an aromatic ring is 1. The Kier molecular flexibility index (Phi) is 4.45. The van der Waals surface area contributed by atoms with Crippen molar-refractivity contribution in [2.75, 3.05) is 11.1 Å². The number of nitrogens with zero attached hydrogens (tertiary/aromatic N) is 2. The highest BCUT2D eigenvalue weighted by molar-refractivity contribution is 5.55. The quantitative estimate of drug-likeness (QED) is 0.867. The molecule has 3 N–H and O–H groups in total. The van der Waals surface area contributed by atoms with Gasteiger partial charge in [-0.1, -0.05) is 34.6 Å². The molecule has 0 aliphatic heterocycles. The molecule has 0 bridgehead atoms. The summed E-state index contributed by atoms with van der Waals surface area (Å²) in [7, 11) is 0. The molecule has 21 heavy (non-hydrogen) atoms. The third-order valence-corrected chi connectivity index (χ3v) is 4.79. The predicted octanol–water partition coefficient (Wildman–Crippen LogP) is 3.90. The van der Waals surface area contributed by atoms with Crippen LogP contribution in [-0.4, -0.2) is 16.0 Å². The molecule has 3 unspecified atom stereocenters. The number of nitrogens with two attached hydrogens (primary N) is 1. The summed E-state index contributed by atoms with van der Waals surface area (Å²) < 4.78 is 0. The van der Waals surface area contributed by atoms with E-state index in [1.54, 1.807) is 0 Å². The minimum Gasteiger partial charge on any atom is -0.383 e. The molecule has 1 heterocycles. The van der Waals surface area contributed by atoms with E-state index in [0.717, 1.165) is 29.0 Å². The van der Waals surface area contributed by atoms with Crippen molar-refractivity contribution in [1.29, 1.82) is 0 Å². The average Bonchev–Trinajstić information content (AvgIpc) is 2.38. The van der Waals surface area contributed by atoms with Crippen LogP contribution in [0.2, 0.25) is 0 Å². The molecule has 1 saturated carbocycles. The zero-order chi connectivity index (χ0) is 15.8. The van der Waals surface area contributed by atoms with E-state index in [1.807, 2.05) is 6.92 Å². The Morgan fingerprint density at radius 1 is 1.10 bits per heavy atom. The number of anilines is 2. The normalized spacial score (nSPS) is 26.7. The van der Waals surface area contributed by atoms with Crippen LogP contribution in [0.1, 0.15) is 65.3 Å². The SMILES string of the molecule is Cc1c(N)nc(C(C)(C)C)nc1NC1CCC(C)C(C)C1. The molecule has 0 aromatic carbocycles. The molecular weight excluding hydrogens is 260 g/mol. The first-order chi connectivity index (χ1) is 9.68. The number of nitrogens with one attached hydrogen (secondary N) is 1. The van der Waals surface area contributed by atoms with Crippen LogP contribution in [0, 0.1) is 18.8 Å². The number of hydrogen-bond acceptors (Lipinski definition) is 4. The van der Waals surface area contributed by atoms with Gasteiger partial charge in [-0.25, -0.2) is 9.97 Å². The summed E-state index contributed by atoms with van der Waals surface area (Å²) in [5.74, 6) is 3.90. The van der Waals surface area contributed by atoms with Gasteiger partial charge in [0, 0.05) is 17.0 Å². The summed E-state index contributed by atoms with van der Waals surface area (Å²) in [6, 6.07) is 0.497. The van der Waals surface area contributed by atoms with Gasteiger partial charge >= 0.3 is 0 Å². The Balaban J connectivity index is 2.21. The fraction of sp³-hybridized carbons (Fsp3) is 0.765. The fourth-order valence-electron chi connectivity index (χ4n) is 2.88. The Morgan fingerprint density at radius 2 is 1.76 bits per heavy atom. The molecular formula is C17H30N4. The molecule has 1 aliphatic rings. The molecule has 0 radical (unpaired) electrons. The Bertz CT molecular complexity index is 504. The van der Waals surface area contributed by atoms with E-state index in [4.69, 9.17) is 10.7 Å². The smallest absolute Gasteiger partial charge is 0.138 e. The summed E-state index contributed by atoms with van der Waals surface area (Å²) in [6.45, 7) is 13.0. The summed E-state index contributed by atoms with van der Waals surface area (Å²) in [5.41, 5.74) is 6.96. The molecule has 4 nitrogen and oxygen atoms in total. The monoisotopic (exact) mass is 290 g/mol. The largest absolute Gasteiger partial charge is 0.383 e. The van der Waals surface area contributed by atoms with Gasteiger partial charge in [0.15, 0.2) is 0 Å². The molecule has 0 saturated heterocycles. The van der Waals surface area contributed by atoms with Crippen LogP contribution < -0.4 is 11.1 Å². The first kappa shape index (κ1) is 16.1. The molecule has 0 spiro atoms. The molecule has 1 aliphatic carbocycles. The lowest BCUT2D eigenvalue weighted by molar-refractivity contribution is 0.260. The molecule has 3 atom stereocenters. The van der Waals surface area contributed by atoms with Crippen molar-refractivity contribution in [2.24, 2.45) is 11.8 Å². The van der Waals surface area contributed by atoms with Gasteiger partial charge in [0.2, 0.25) is 0 Å². The third kappa shape index (κ3) is 3.66. The van der Waals surface area contributed by atoms with Crippen molar-refractivity contribution in [3.8, 4) is 0 Å². The van der Waals surface area contributed by atoms with Gasteiger partial charge in [0.05, 0.1) is 0 Å². The Hall–Kier alpha value is -1.32. The van der Waals surface area contributed by atoms with E-state index in [2.05, 4.69) is 44.9 Å². The van der Waals surface area contributed by atoms with Gasteiger partial charge in [-0.2, -0.15) is 0 Å². The maximum Gasteiger partial charge on any atom is 0.138 e. The van der Waals surface area contributed by atoms with Crippen LogP contribution in [-0.2, 0) is 5.41 Å². The number of aromatic nitrogens is 2. The van der Waals surface area contributed by atoms with Crippen molar-refractivity contribution < 1.29 is 0 Å². The Labute approximate surface area is 128 Å². The number of rotatable bonds is 2. The lowest BCUT2D eigenvalue weighted by Crippen LogP contribution is -2.31. The molecule has 1 aromatic rings. The fourth-order valence-corrected chi connectivity index (χ4v) is 2.88. The van der Waals surface area contributed by atoms with Gasteiger partial charge in [0.1, 0.15) is 17.5 Å². The second-order valence-corrected chi connectivity index (χ2v) is 7.76. The van der Waals surface area contributed by atoms with Crippen molar-refractivity contribution in [1.82, 2.24) is 9.97 Å². The summed E-state index contributed by atoms with van der Waals surface area (Å²) in [6.07, 6.45) is 3.69. The van der Waals surface area contributed by atoms with Crippen molar-refractivity contribution in [3.05, 3.63) is 11.4 Å². The lowest BCUT2D eigenvalue weighted by atomic mass is 9.79. The predicted molar refractivity (Wildman–Crippen MR) is 89.5 cm³/mol. The standard InChI is InChI=1S/C17H30N4/c1-10-7-8-13(9-11(10)2)19-15-12(3)14(18)20-16(21-15)17(4,5)6/h10-11,13H,7-9H2,1-6H3,(H3,18,19,20,21). The van der Waals surface area contributed by atoms with Crippen molar-refractivity contribution >= 4 is 11.6 Å².